The molecule has 0 radical (unpaired) electrons. The van der Waals surface area contributed by atoms with Gasteiger partial charge in [0.1, 0.15) is 6.33 Å². The Morgan fingerprint density at radius 2 is 1.64 bits per heavy atom. The van der Waals surface area contributed by atoms with Crippen molar-refractivity contribution >= 4 is 11.4 Å². The van der Waals surface area contributed by atoms with Crippen molar-refractivity contribution in [2.75, 3.05) is 11.5 Å². The van der Waals surface area contributed by atoms with E-state index < -0.39 is 11.7 Å². The zero-order valence-corrected chi connectivity index (χ0v) is 12.8. The topological polar surface area (TPSA) is 87.0 Å². The third kappa shape index (κ3) is 3.63. The van der Waals surface area contributed by atoms with E-state index in [4.69, 9.17) is 16.2 Å². The van der Waals surface area contributed by atoms with Gasteiger partial charge >= 0.3 is 6.18 Å². The highest BCUT2D eigenvalue weighted by atomic mass is 19.4. The molecule has 1 heterocycles. The molecule has 0 saturated heterocycles. The van der Waals surface area contributed by atoms with Gasteiger partial charge in [-0.05, 0) is 24.3 Å². The van der Waals surface area contributed by atoms with Crippen LogP contribution in [-0.2, 0) is 6.18 Å². The fourth-order valence-electron chi connectivity index (χ4n) is 2.15. The Morgan fingerprint density at radius 1 is 0.920 bits per heavy atom. The van der Waals surface area contributed by atoms with Crippen molar-refractivity contribution < 1.29 is 17.9 Å². The highest BCUT2D eigenvalue weighted by molar-refractivity contribution is 5.71. The molecule has 0 bridgehead atoms. The van der Waals surface area contributed by atoms with Gasteiger partial charge in [-0.25, -0.2) is 9.97 Å². The number of rotatable bonds is 3. The Labute approximate surface area is 141 Å². The van der Waals surface area contributed by atoms with Crippen LogP contribution < -0.4 is 16.2 Å². The molecule has 0 atom stereocenters. The lowest BCUT2D eigenvalue weighted by Gasteiger charge is -2.10. The van der Waals surface area contributed by atoms with Crippen LogP contribution in [-0.4, -0.2) is 9.97 Å². The van der Waals surface area contributed by atoms with E-state index in [0.29, 0.717) is 22.7 Å². The van der Waals surface area contributed by atoms with E-state index in [2.05, 4.69) is 9.97 Å². The summed E-state index contributed by atoms with van der Waals surface area (Å²) in [5.41, 5.74) is 12.4. The molecule has 4 N–H and O–H groups in total. The molecule has 3 rings (SSSR count). The van der Waals surface area contributed by atoms with Crippen molar-refractivity contribution in [1.82, 2.24) is 9.97 Å². The van der Waals surface area contributed by atoms with Crippen LogP contribution in [0.4, 0.5) is 24.5 Å². The van der Waals surface area contributed by atoms with Gasteiger partial charge in [0.2, 0.25) is 5.88 Å². The van der Waals surface area contributed by atoms with E-state index in [1.165, 1.54) is 24.5 Å². The molecule has 128 valence electrons. The first-order valence-electron chi connectivity index (χ1n) is 7.16. The summed E-state index contributed by atoms with van der Waals surface area (Å²) in [6.07, 6.45) is -3.13. The predicted octanol–water partition coefficient (Wildman–Crippen LogP) is 4.12. The minimum Gasteiger partial charge on any atom is -0.437 e. The molecule has 0 aliphatic heterocycles. The monoisotopic (exact) mass is 346 g/mol. The minimum atomic E-state index is -4.39. The van der Waals surface area contributed by atoms with Crippen LogP contribution in [0.15, 0.2) is 54.9 Å². The van der Waals surface area contributed by atoms with E-state index in [1.807, 2.05) is 0 Å². The molecule has 1 aromatic heterocycles. The first kappa shape index (κ1) is 16.6. The second-order valence-electron chi connectivity index (χ2n) is 5.18. The first-order chi connectivity index (χ1) is 11.8. The summed E-state index contributed by atoms with van der Waals surface area (Å²) < 4.78 is 43.5. The Morgan fingerprint density at radius 3 is 2.32 bits per heavy atom. The quantitative estimate of drug-likeness (QED) is 0.697. The number of ether oxygens (including phenoxy) is 1. The molecule has 25 heavy (non-hydrogen) atoms. The number of anilines is 2. The van der Waals surface area contributed by atoms with Crippen LogP contribution in [0.1, 0.15) is 5.56 Å². The molecular formula is C17H13F3N4O. The second kappa shape index (κ2) is 6.31. The number of para-hydroxylation sites is 1. The summed E-state index contributed by atoms with van der Waals surface area (Å²) in [4.78, 5) is 8.03. The van der Waals surface area contributed by atoms with Crippen LogP contribution in [0.3, 0.4) is 0 Å². The normalized spacial score (nSPS) is 11.3. The molecule has 0 spiro atoms. The Bertz CT molecular complexity index is 895. The van der Waals surface area contributed by atoms with Crippen molar-refractivity contribution in [1.29, 1.82) is 0 Å². The van der Waals surface area contributed by atoms with Gasteiger partial charge in [0.05, 0.1) is 22.6 Å². The minimum absolute atomic E-state index is 0.196. The van der Waals surface area contributed by atoms with Gasteiger partial charge in [0.25, 0.3) is 0 Å². The van der Waals surface area contributed by atoms with Crippen LogP contribution in [0.25, 0.3) is 11.3 Å². The lowest BCUT2D eigenvalue weighted by molar-refractivity contribution is -0.137. The summed E-state index contributed by atoms with van der Waals surface area (Å²) in [6.45, 7) is 0. The fourth-order valence-corrected chi connectivity index (χ4v) is 2.15. The number of nitrogens with zero attached hydrogens (tertiary/aromatic N) is 2. The maximum absolute atomic E-state index is 12.6. The molecule has 0 saturated carbocycles. The third-order valence-corrected chi connectivity index (χ3v) is 3.46. The highest BCUT2D eigenvalue weighted by Crippen LogP contribution is 2.33. The van der Waals surface area contributed by atoms with Gasteiger partial charge in [-0.2, -0.15) is 13.2 Å². The van der Waals surface area contributed by atoms with Crippen molar-refractivity contribution in [2.24, 2.45) is 0 Å². The zero-order chi connectivity index (χ0) is 18.0. The Balaban J connectivity index is 1.88. The van der Waals surface area contributed by atoms with Crippen LogP contribution in [0.2, 0.25) is 0 Å². The molecule has 5 nitrogen and oxygen atoms in total. The largest absolute Gasteiger partial charge is 0.437 e. The van der Waals surface area contributed by atoms with Gasteiger partial charge < -0.3 is 16.2 Å². The number of hydrogen-bond acceptors (Lipinski definition) is 5. The summed E-state index contributed by atoms with van der Waals surface area (Å²) in [6, 6.07) is 11.1. The van der Waals surface area contributed by atoms with Crippen molar-refractivity contribution in [2.45, 2.75) is 6.18 Å². The molecular weight excluding hydrogens is 333 g/mol. The molecule has 8 heteroatoms. The number of benzene rings is 2. The van der Waals surface area contributed by atoms with Gasteiger partial charge in [0, 0.05) is 11.6 Å². The van der Waals surface area contributed by atoms with Crippen LogP contribution >= 0.6 is 0 Å². The maximum atomic E-state index is 12.6. The molecule has 2 aromatic carbocycles. The van der Waals surface area contributed by atoms with Gasteiger partial charge in [-0.3, -0.25) is 0 Å². The molecule has 0 amide bonds. The van der Waals surface area contributed by atoms with Gasteiger partial charge in [-0.1, -0.05) is 18.2 Å². The van der Waals surface area contributed by atoms with E-state index in [9.17, 15) is 13.2 Å². The van der Waals surface area contributed by atoms with E-state index in [-0.39, 0.29) is 11.6 Å². The van der Waals surface area contributed by atoms with Crippen LogP contribution in [0, 0.1) is 0 Å². The molecule has 0 unspecified atom stereocenters. The standard InChI is InChI=1S/C17H13F3N4O/c18-17(19,20)11-6-4-10(5-7-11)13-8-15(24-9-23-13)25-14-3-1-2-12(21)16(14)22/h1-9H,21-22H2. The van der Waals surface area contributed by atoms with E-state index in [0.717, 1.165) is 12.1 Å². The number of hydrogen-bond donors (Lipinski definition) is 2. The maximum Gasteiger partial charge on any atom is 0.416 e. The van der Waals surface area contributed by atoms with Crippen molar-refractivity contribution in [3.8, 4) is 22.9 Å². The molecule has 3 aromatic rings. The molecule has 0 aliphatic carbocycles. The summed E-state index contributed by atoms with van der Waals surface area (Å²) >= 11 is 0. The lowest BCUT2D eigenvalue weighted by Crippen LogP contribution is -2.04. The summed E-state index contributed by atoms with van der Waals surface area (Å²) in [5.74, 6) is 0.527. The number of nitrogens with two attached hydrogens (primary N) is 2. The number of alkyl halides is 3. The van der Waals surface area contributed by atoms with Crippen LogP contribution in [0.5, 0.6) is 11.6 Å². The van der Waals surface area contributed by atoms with Crippen molar-refractivity contribution in [3.63, 3.8) is 0 Å². The van der Waals surface area contributed by atoms with Gasteiger partial charge in [0.15, 0.2) is 5.75 Å². The Hall–Kier alpha value is -3.29. The average Bonchev–Trinajstić information content (AvgIpc) is 2.59. The van der Waals surface area contributed by atoms with E-state index in [1.54, 1.807) is 18.2 Å². The summed E-state index contributed by atoms with van der Waals surface area (Å²) in [7, 11) is 0. The molecule has 0 aliphatic rings. The number of halogens is 3. The molecule has 0 fully saturated rings. The van der Waals surface area contributed by atoms with E-state index >= 15 is 0 Å². The fraction of sp³-hybridized carbons (Fsp3) is 0.0588. The smallest absolute Gasteiger partial charge is 0.416 e. The number of aromatic nitrogens is 2. The zero-order valence-electron chi connectivity index (χ0n) is 12.8. The second-order valence-corrected chi connectivity index (χ2v) is 5.18. The number of nitrogen functional groups attached to an aromatic ring is 2. The highest BCUT2D eigenvalue weighted by Gasteiger charge is 2.30. The average molecular weight is 346 g/mol. The van der Waals surface area contributed by atoms with Gasteiger partial charge in [-0.15, -0.1) is 0 Å². The lowest BCUT2D eigenvalue weighted by atomic mass is 10.1. The Kier molecular flexibility index (Phi) is 4.18. The predicted molar refractivity (Wildman–Crippen MR) is 87.8 cm³/mol. The summed E-state index contributed by atoms with van der Waals surface area (Å²) in [5, 5.41) is 0. The first-order valence-corrected chi connectivity index (χ1v) is 7.16. The SMILES string of the molecule is Nc1cccc(Oc2cc(-c3ccc(C(F)(F)F)cc3)ncn2)c1N. The third-order valence-electron chi connectivity index (χ3n) is 3.46. The van der Waals surface area contributed by atoms with Crippen molar-refractivity contribution in [3.05, 3.63) is 60.4 Å².